The molecule has 0 atom stereocenters. The van der Waals surface area contributed by atoms with Crippen LogP contribution in [0.25, 0.3) is 0 Å². The van der Waals surface area contributed by atoms with E-state index < -0.39 is 0 Å². The maximum Gasteiger partial charge on any atom is 0.116 e. The highest BCUT2D eigenvalue weighted by molar-refractivity contribution is 7.99. The molecule has 0 aliphatic heterocycles. The fraction of sp³-hybridized carbons (Fsp3) is 0.294. The second-order valence-electron chi connectivity index (χ2n) is 4.67. The van der Waals surface area contributed by atoms with Crippen molar-refractivity contribution < 1.29 is 5.11 Å². The van der Waals surface area contributed by atoms with Crippen LogP contribution in [0.15, 0.2) is 58.3 Å². The van der Waals surface area contributed by atoms with Crippen LogP contribution >= 0.6 is 11.8 Å². The van der Waals surface area contributed by atoms with Crippen molar-refractivity contribution in [2.24, 2.45) is 0 Å². The van der Waals surface area contributed by atoms with Gasteiger partial charge in [-0.15, -0.1) is 0 Å². The zero-order valence-corrected chi connectivity index (χ0v) is 12.9. The van der Waals surface area contributed by atoms with E-state index in [1.165, 1.54) is 10.5 Å². The maximum absolute atomic E-state index is 9.56. The van der Waals surface area contributed by atoms with Crippen LogP contribution in [0.5, 0.6) is 5.75 Å². The molecule has 0 fully saturated rings. The molecule has 0 aromatic heterocycles. The van der Waals surface area contributed by atoms with E-state index in [1.807, 2.05) is 12.1 Å². The lowest BCUT2D eigenvalue weighted by Gasteiger charge is -2.19. The van der Waals surface area contributed by atoms with Crippen molar-refractivity contribution >= 4 is 11.8 Å². The largest absolute Gasteiger partial charge is 0.508 e. The van der Waals surface area contributed by atoms with Gasteiger partial charge in [-0.3, -0.25) is 4.90 Å². The van der Waals surface area contributed by atoms with Crippen molar-refractivity contribution in [1.82, 2.24) is 4.90 Å². The number of hydrogen-bond donors (Lipinski definition) is 1. The number of nitrogens with zero attached hydrogens (tertiary/aromatic N) is 1. The predicted octanol–water partition coefficient (Wildman–Crippen LogP) is 4.39. The monoisotopic (exact) mass is 287 g/mol. The van der Waals surface area contributed by atoms with Crippen LogP contribution in [0.4, 0.5) is 0 Å². The summed E-state index contributed by atoms with van der Waals surface area (Å²) in [5.41, 5.74) is 1.34. The second-order valence-corrected chi connectivity index (χ2v) is 5.78. The van der Waals surface area contributed by atoms with Gasteiger partial charge in [0.15, 0.2) is 0 Å². The molecule has 2 nitrogen and oxygen atoms in total. The molecule has 0 heterocycles. The summed E-state index contributed by atoms with van der Waals surface area (Å²) in [6.07, 6.45) is 0. The number of rotatable bonds is 6. The van der Waals surface area contributed by atoms with E-state index in [9.17, 15) is 5.11 Å². The SMILES string of the molecule is CCN(CC)Cc1ccccc1Sc1cccc(O)c1. The van der Waals surface area contributed by atoms with E-state index in [4.69, 9.17) is 0 Å². The second kappa shape index (κ2) is 7.36. The molecule has 106 valence electrons. The molecule has 0 amide bonds. The van der Waals surface area contributed by atoms with Gasteiger partial charge >= 0.3 is 0 Å². The van der Waals surface area contributed by atoms with Gasteiger partial charge in [-0.05, 0) is 42.9 Å². The zero-order chi connectivity index (χ0) is 14.4. The Balaban J connectivity index is 2.19. The third-order valence-corrected chi connectivity index (χ3v) is 4.41. The van der Waals surface area contributed by atoms with Gasteiger partial charge in [0.2, 0.25) is 0 Å². The lowest BCUT2D eigenvalue weighted by Crippen LogP contribution is -2.22. The summed E-state index contributed by atoms with van der Waals surface area (Å²) in [6, 6.07) is 15.9. The van der Waals surface area contributed by atoms with E-state index in [0.717, 1.165) is 24.5 Å². The highest BCUT2D eigenvalue weighted by Crippen LogP contribution is 2.32. The fourth-order valence-corrected chi connectivity index (χ4v) is 3.09. The molecule has 2 aromatic rings. The maximum atomic E-state index is 9.56. The summed E-state index contributed by atoms with van der Waals surface area (Å²) < 4.78 is 0. The van der Waals surface area contributed by atoms with Gasteiger partial charge in [0.25, 0.3) is 0 Å². The molecule has 20 heavy (non-hydrogen) atoms. The summed E-state index contributed by atoms with van der Waals surface area (Å²) >= 11 is 1.70. The van der Waals surface area contributed by atoms with Crippen LogP contribution in [-0.4, -0.2) is 23.1 Å². The first-order chi connectivity index (χ1) is 9.72. The first kappa shape index (κ1) is 14.9. The minimum absolute atomic E-state index is 0.316. The molecule has 0 unspecified atom stereocenters. The Hall–Kier alpha value is -1.45. The number of phenols is 1. The summed E-state index contributed by atoms with van der Waals surface area (Å²) in [4.78, 5) is 4.73. The van der Waals surface area contributed by atoms with Gasteiger partial charge in [-0.25, -0.2) is 0 Å². The molecule has 3 heteroatoms. The van der Waals surface area contributed by atoms with Gasteiger partial charge < -0.3 is 5.11 Å². The van der Waals surface area contributed by atoms with Crippen molar-refractivity contribution in [3.8, 4) is 5.75 Å². The molecule has 0 spiro atoms. The Kier molecular flexibility index (Phi) is 5.50. The number of aromatic hydroxyl groups is 1. The van der Waals surface area contributed by atoms with Crippen molar-refractivity contribution in [3.63, 3.8) is 0 Å². The van der Waals surface area contributed by atoms with E-state index in [2.05, 4.69) is 43.0 Å². The molecule has 0 aliphatic carbocycles. The standard InChI is InChI=1S/C17H21NOS/c1-3-18(4-2)13-14-8-5-6-11-17(14)20-16-10-7-9-15(19)12-16/h5-12,19H,3-4,13H2,1-2H3. The Labute approximate surface area is 125 Å². The summed E-state index contributed by atoms with van der Waals surface area (Å²) in [5.74, 6) is 0.316. The Morgan fingerprint density at radius 3 is 2.45 bits per heavy atom. The topological polar surface area (TPSA) is 23.5 Å². The molecule has 2 rings (SSSR count). The van der Waals surface area contributed by atoms with Crippen LogP contribution < -0.4 is 0 Å². The average molecular weight is 287 g/mol. The quantitative estimate of drug-likeness (QED) is 0.852. The third-order valence-electron chi connectivity index (χ3n) is 3.31. The van der Waals surface area contributed by atoms with Gasteiger partial charge in [-0.1, -0.05) is 49.9 Å². The Bertz CT molecular complexity index is 552. The predicted molar refractivity (Wildman–Crippen MR) is 85.3 cm³/mol. The molecule has 0 aliphatic rings. The number of hydrogen-bond acceptors (Lipinski definition) is 3. The van der Waals surface area contributed by atoms with Gasteiger partial charge in [0, 0.05) is 16.3 Å². The summed E-state index contributed by atoms with van der Waals surface area (Å²) in [6.45, 7) is 7.46. The molecular weight excluding hydrogens is 266 g/mol. The average Bonchev–Trinajstić information content (AvgIpc) is 2.46. The normalized spacial score (nSPS) is 10.9. The van der Waals surface area contributed by atoms with Crippen LogP contribution in [0, 0.1) is 0 Å². The first-order valence-electron chi connectivity index (χ1n) is 7.00. The van der Waals surface area contributed by atoms with E-state index in [1.54, 1.807) is 23.9 Å². The van der Waals surface area contributed by atoms with Crippen molar-refractivity contribution in [3.05, 3.63) is 54.1 Å². The lowest BCUT2D eigenvalue weighted by molar-refractivity contribution is 0.294. The highest BCUT2D eigenvalue weighted by Gasteiger charge is 2.07. The van der Waals surface area contributed by atoms with Gasteiger partial charge in [-0.2, -0.15) is 0 Å². The smallest absolute Gasteiger partial charge is 0.116 e. The molecular formula is C17H21NOS. The molecule has 0 saturated carbocycles. The Morgan fingerprint density at radius 2 is 1.75 bits per heavy atom. The van der Waals surface area contributed by atoms with Gasteiger partial charge in [0.05, 0.1) is 0 Å². The summed E-state index contributed by atoms with van der Waals surface area (Å²) in [7, 11) is 0. The van der Waals surface area contributed by atoms with Crippen LogP contribution in [-0.2, 0) is 6.54 Å². The Morgan fingerprint density at radius 1 is 1.00 bits per heavy atom. The van der Waals surface area contributed by atoms with Crippen molar-refractivity contribution in [2.75, 3.05) is 13.1 Å². The first-order valence-corrected chi connectivity index (χ1v) is 7.81. The molecule has 1 N–H and O–H groups in total. The lowest BCUT2D eigenvalue weighted by atomic mass is 10.2. The minimum atomic E-state index is 0.316. The highest BCUT2D eigenvalue weighted by atomic mass is 32.2. The molecule has 0 saturated heterocycles. The van der Waals surface area contributed by atoms with Crippen molar-refractivity contribution in [2.45, 2.75) is 30.2 Å². The number of benzene rings is 2. The van der Waals surface area contributed by atoms with E-state index >= 15 is 0 Å². The van der Waals surface area contributed by atoms with E-state index in [-0.39, 0.29) is 0 Å². The number of phenolic OH excluding ortho intramolecular Hbond substituents is 1. The van der Waals surface area contributed by atoms with Crippen LogP contribution in [0.3, 0.4) is 0 Å². The van der Waals surface area contributed by atoms with Crippen LogP contribution in [0.2, 0.25) is 0 Å². The third kappa shape index (κ3) is 4.02. The van der Waals surface area contributed by atoms with Gasteiger partial charge in [0.1, 0.15) is 5.75 Å². The fourth-order valence-electron chi connectivity index (χ4n) is 2.10. The molecule has 0 radical (unpaired) electrons. The van der Waals surface area contributed by atoms with Crippen LogP contribution in [0.1, 0.15) is 19.4 Å². The minimum Gasteiger partial charge on any atom is -0.508 e. The van der Waals surface area contributed by atoms with Crippen molar-refractivity contribution in [1.29, 1.82) is 0 Å². The van der Waals surface area contributed by atoms with E-state index in [0.29, 0.717) is 5.75 Å². The molecule has 0 bridgehead atoms. The zero-order valence-electron chi connectivity index (χ0n) is 12.0. The molecule has 2 aromatic carbocycles. The summed E-state index contributed by atoms with van der Waals surface area (Å²) in [5, 5.41) is 9.56.